The third kappa shape index (κ3) is 2.73. The average molecular weight is 409 g/mol. The maximum atomic E-state index is 13.0. The average Bonchev–Trinajstić information content (AvgIpc) is 3.19. The Kier molecular flexibility index (Phi) is 3.96. The summed E-state index contributed by atoms with van der Waals surface area (Å²) in [6.45, 7) is 1.50. The van der Waals surface area contributed by atoms with E-state index in [1.165, 1.54) is 11.5 Å². The summed E-state index contributed by atoms with van der Waals surface area (Å²) in [5.41, 5.74) is -0.136. The first-order valence-electron chi connectivity index (χ1n) is 8.23. The number of nitrogens with zero attached hydrogens (tertiary/aromatic N) is 5. The lowest BCUT2D eigenvalue weighted by Gasteiger charge is -2.06. The molecule has 0 spiro atoms. The molecule has 4 rings (SSSR count). The first-order valence-corrected chi connectivity index (χ1v) is 9.88. The van der Waals surface area contributed by atoms with Crippen molar-refractivity contribution >= 4 is 26.6 Å². The Morgan fingerprint density at radius 3 is 2.61 bits per heavy atom. The Morgan fingerprint density at radius 1 is 1.18 bits per heavy atom. The highest BCUT2D eigenvalue weighted by Gasteiger charge is 2.32. The second-order valence-corrected chi connectivity index (χ2v) is 8.35. The van der Waals surface area contributed by atoms with Gasteiger partial charge in [0, 0.05) is 19.4 Å². The molecule has 0 aromatic carbocycles. The fourth-order valence-electron chi connectivity index (χ4n) is 2.97. The predicted octanol–water partition coefficient (Wildman–Crippen LogP) is 3.10. The number of hydrogen-bond acceptors (Lipinski definition) is 5. The van der Waals surface area contributed by atoms with Crippen molar-refractivity contribution in [3.8, 4) is 11.5 Å². The van der Waals surface area contributed by atoms with Crippen LogP contribution in [0.15, 0.2) is 41.7 Å². The molecule has 11 heteroatoms. The molecule has 0 aliphatic rings. The van der Waals surface area contributed by atoms with Crippen LogP contribution in [0.5, 0.6) is 0 Å². The van der Waals surface area contributed by atoms with Gasteiger partial charge in [-0.15, -0.1) is 0 Å². The van der Waals surface area contributed by atoms with E-state index < -0.39 is 21.6 Å². The van der Waals surface area contributed by atoms with Gasteiger partial charge in [-0.25, -0.2) is 23.4 Å². The van der Waals surface area contributed by atoms with E-state index >= 15 is 0 Å². The van der Waals surface area contributed by atoms with Crippen LogP contribution in [-0.4, -0.2) is 38.1 Å². The van der Waals surface area contributed by atoms with E-state index in [-0.39, 0.29) is 33.5 Å². The second kappa shape index (κ2) is 6.03. The van der Waals surface area contributed by atoms with Gasteiger partial charge in [0.2, 0.25) is 0 Å². The largest absolute Gasteiger partial charge is 0.417 e. The lowest BCUT2D eigenvalue weighted by molar-refractivity contribution is -0.137. The van der Waals surface area contributed by atoms with Crippen molar-refractivity contribution in [1.29, 1.82) is 0 Å². The summed E-state index contributed by atoms with van der Waals surface area (Å²) < 4.78 is 67.2. The molecule has 0 fully saturated rings. The van der Waals surface area contributed by atoms with Gasteiger partial charge in [0.25, 0.3) is 0 Å². The van der Waals surface area contributed by atoms with Crippen LogP contribution in [0.1, 0.15) is 12.5 Å². The number of sulfone groups is 1. The summed E-state index contributed by atoms with van der Waals surface area (Å²) in [7, 11) is -2.15. The van der Waals surface area contributed by atoms with E-state index in [0.29, 0.717) is 5.65 Å². The summed E-state index contributed by atoms with van der Waals surface area (Å²) in [4.78, 5) is 12.4. The lowest BCUT2D eigenvalue weighted by atomic mass is 10.2. The SMILES string of the molecule is CCS(=O)(=O)c1nc2ccccn2c1-c1nc2cc(C(F)(F)F)cnc2n1C. The van der Waals surface area contributed by atoms with Gasteiger partial charge >= 0.3 is 6.18 Å². The topological polar surface area (TPSA) is 82.2 Å². The van der Waals surface area contributed by atoms with E-state index in [1.54, 1.807) is 35.8 Å². The molecule has 4 aromatic heterocycles. The monoisotopic (exact) mass is 409 g/mol. The molecule has 0 radical (unpaired) electrons. The molecule has 0 unspecified atom stereocenters. The van der Waals surface area contributed by atoms with Gasteiger partial charge in [0.05, 0.1) is 11.3 Å². The van der Waals surface area contributed by atoms with E-state index in [1.807, 2.05) is 0 Å². The molecule has 4 aromatic rings. The summed E-state index contributed by atoms with van der Waals surface area (Å²) in [5.74, 6) is -0.0165. The van der Waals surface area contributed by atoms with E-state index in [0.717, 1.165) is 12.3 Å². The van der Waals surface area contributed by atoms with Crippen molar-refractivity contribution in [3.63, 3.8) is 0 Å². The Bertz CT molecular complexity index is 1320. The Labute approximate surface area is 157 Å². The number of hydrogen-bond donors (Lipinski definition) is 0. The molecule has 4 heterocycles. The standard InChI is InChI=1S/C17H14F3N5O2S/c1-3-28(26,27)16-13(25-7-5-4-6-12(25)23-16)15-22-11-8-10(17(18,19)20)9-21-14(11)24(15)2/h4-9H,3H2,1-2H3. The number of aromatic nitrogens is 5. The number of halogens is 3. The van der Waals surface area contributed by atoms with Crippen LogP contribution >= 0.6 is 0 Å². The normalized spacial score (nSPS) is 12.9. The number of imidazole rings is 2. The zero-order chi connectivity index (χ0) is 20.3. The highest BCUT2D eigenvalue weighted by molar-refractivity contribution is 7.91. The van der Waals surface area contributed by atoms with Crippen molar-refractivity contribution in [2.75, 3.05) is 5.75 Å². The number of alkyl halides is 3. The molecule has 0 amide bonds. The maximum absolute atomic E-state index is 13.0. The molecule has 28 heavy (non-hydrogen) atoms. The molecule has 0 saturated heterocycles. The summed E-state index contributed by atoms with van der Waals surface area (Å²) in [6, 6.07) is 5.94. The van der Waals surface area contributed by atoms with E-state index in [9.17, 15) is 21.6 Å². The molecular weight excluding hydrogens is 395 g/mol. The van der Waals surface area contributed by atoms with Gasteiger partial charge in [-0.2, -0.15) is 13.2 Å². The highest BCUT2D eigenvalue weighted by Crippen LogP contribution is 2.33. The zero-order valence-corrected chi connectivity index (χ0v) is 15.6. The number of pyridine rings is 2. The molecule has 0 aliphatic heterocycles. The van der Waals surface area contributed by atoms with Gasteiger partial charge in [0.15, 0.2) is 26.3 Å². The number of aryl methyl sites for hydroxylation is 1. The molecular formula is C17H14F3N5O2S. The van der Waals surface area contributed by atoms with Crippen molar-refractivity contribution < 1.29 is 21.6 Å². The van der Waals surface area contributed by atoms with Crippen molar-refractivity contribution in [2.45, 2.75) is 18.1 Å². The Hall–Kier alpha value is -2.95. The van der Waals surface area contributed by atoms with E-state index in [4.69, 9.17) is 0 Å². The lowest BCUT2D eigenvalue weighted by Crippen LogP contribution is -2.08. The smallest absolute Gasteiger partial charge is 0.310 e. The second-order valence-electron chi connectivity index (χ2n) is 6.16. The molecule has 0 saturated carbocycles. The third-order valence-corrected chi connectivity index (χ3v) is 6.05. The Balaban J connectivity index is 2.07. The first kappa shape index (κ1) is 18.4. The fourth-order valence-corrected chi connectivity index (χ4v) is 3.96. The predicted molar refractivity (Wildman–Crippen MR) is 95.4 cm³/mol. The van der Waals surface area contributed by atoms with Crippen LogP contribution in [0, 0.1) is 0 Å². The van der Waals surface area contributed by atoms with Gasteiger partial charge < -0.3 is 4.57 Å². The summed E-state index contributed by atoms with van der Waals surface area (Å²) >= 11 is 0. The minimum atomic E-state index is -4.56. The number of fused-ring (bicyclic) bond motifs is 2. The fraction of sp³-hybridized carbons (Fsp3) is 0.235. The highest BCUT2D eigenvalue weighted by atomic mass is 32.2. The molecule has 0 aliphatic carbocycles. The van der Waals surface area contributed by atoms with Crippen LogP contribution in [-0.2, 0) is 23.1 Å². The van der Waals surface area contributed by atoms with Gasteiger partial charge in [-0.3, -0.25) is 4.40 Å². The quantitative estimate of drug-likeness (QED) is 0.519. The van der Waals surface area contributed by atoms with Crippen LogP contribution < -0.4 is 0 Å². The third-order valence-electron chi connectivity index (χ3n) is 4.42. The molecule has 0 atom stereocenters. The van der Waals surface area contributed by atoms with Crippen LogP contribution in [0.3, 0.4) is 0 Å². The van der Waals surface area contributed by atoms with Gasteiger partial charge in [-0.05, 0) is 18.2 Å². The minimum absolute atomic E-state index is 0.0121. The molecule has 0 bridgehead atoms. The number of rotatable bonds is 3. The van der Waals surface area contributed by atoms with Crippen LogP contribution in [0.2, 0.25) is 0 Å². The minimum Gasteiger partial charge on any atom is -0.310 e. The first-order chi connectivity index (χ1) is 13.1. The van der Waals surface area contributed by atoms with Crippen LogP contribution in [0.4, 0.5) is 13.2 Å². The Morgan fingerprint density at radius 2 is 1.93 bits per heavy atom. The van der Waals surface area contributed by atoms with Gasteiger partial charge in [-0.1, -0.05) is 13.0 Å². The summed E-state index contributed by atoms with van der Waals surface area (Å²) in [6.07, 6.45) is -2.20. The van der Waals surface area contributed by atoms with Crippen molar-refractivity contribution in [3.05, 3.63) is 42.2 Å². The maximum Gasteiger partial charge on any atom is 0.417 e. The molecule has 7 nitrogen and oxygen atoms in total. The van der Waals surface area contributed by atoms with Crippen molar-refractivity contribution in [2.24, 2.45) is 7.05 Å². The molecule has 0 N–H and O–H groups in total. The summed E-state index contributed by atoms with van der Waals surface area (Å²) in [5, 5.41) is -0.171. The molecule has 146 valence electrons. The van der Waals surface area contributed by atoms with E-state index in [2.05, 4.69) is 15.0 Å². The van der Waals surface area contributed by atoms with Crippen molar-refractivity contribution in [1.82, 2.24) is 23.9 Å². The van der Waals surface area contributed by atoms with Crippen LogP contribution in [0.25, 0.3) is 28.3 Å². The van der Waals surface area contributed by atoms with Gasteiger partial charge in [0.1, 0.15) is 16.9 Å². The zero-order valence-electron chi connectivity index (χ0n) is 14.8.